The first-order valence-corrected chi connectivity index (χ1v) is 11.6. The molecular weight excluding hydrogens is 412 g/mol. The summed E-state index contributed by atoms with van der Waals surface area (Å²) in [5.74, 6) is 0. The van der Waals surface area contributed by atoms with Crippen LogP contribution in [0.1, 0.15) is 12.8 Å². The van der Waals surface area contributed by atoms with E-state index in [2.05, 4.69) is 15.0 Å². The molecule has 5 rings (SSSR count). The second kappa shape index (κ2) is 7.88. The van der Waals surface area contributed by atoms with Crippen LogP contribution < -0.4 is 0 Å². The van der Waals surface area contributed by atoms with Crippen LogP contribution in [0.2, 0.25) is 0 Å². The predicted octanol–water partition coefficient (Wildman–Crippen LogP) is 3.44. The van der Waals surface area contributed by atoms with Gasteiger partial charge in [-0.25, -0.2) is 18.4 Å². The number of fused-ring (bicyclic) bond motifs is 1. The number of aliphatic hydroxyl groups is 1. The third-order valence-corrected chi connectivity index (χ3v) is 7.40. The van der Waals surface area contributed by atoms with Gasteiger partial charge in [-0.05, 0) is 42.7 Å². The minimum absolute atomic E-state index is 0.0144. The molecule has 1 aliphatic heterocycles. The van der Waals surface area contributed by atoms with E-state index in [9.17, 15) is 13.5 Å². The maximum Gasteiger partial charge on any atom is 0.260 e. The van der Waals surface area contributed by atoms with Crippen molar-refractivity contribution >= 4 is 21.1 Å². The van der Waals surface area contributed by atoms with Crippen molar-refractivity contribution in [2.24, 2.45) is 0 Å². The zero-order valence-corrected chi connectivity index (χ0v) is 17.6. The highest BCUT2D eigenvalue weighted by atomic mass is 32.2. The van der Waals surface area contributed by atoms with E-state index in [0.29, 0.717) is 31.6 Å². The standard InChI is InChI=1S/C23H22N4O3S/c28-19-9-11-27(12-10-19)31(29,30)22-8-4-7-20(25-22)18-13-17-14-21(26-23(17)24-15-18)16-5-2-1-3-6-16/h1-8,13-15,19,28H,9-12H2,(H,24,26). The monoisotopic (exact) mass is 434 g/mol. The Kier molecular flexibility index (Phi) is 5.05. The molecule has 8 heteroatoms. The number of H-pyrrole nitrogens is 1. The summed E-state index contributed by atoms with van der Waals surface area (Å²) in [6.07, 6.45) is 2.14. The van der Waals surface area contributed by atoms with Gasteiger partial charge in [0.2, 0.25) is 0 Å². The Morgan fingerprint density at radius 1 is 0.968 bits per heavy atom. The molecule has 0 radical (unpaired) electrons. The van der Waals surface area contributed by atoms with Crippen LogP contribution in [0.15, 0.2) is 71.9 Å². The summed E-state index contributed by atoms with van der Waals surface area (Å²) in [5, 5.41) is 10.6. The Morgan fingerprint density at radius 3 is 2.52 bits per heavy atom. The Hall–Kier alpha value is -3.07. The summed E-state index contributed by atoms with van der Waals surface area (Å²) in [5.41, 5.74) is 4.10. The maximum atomic E-state index is 13.0. The molecule has 3 aromatic heterocycles. The van der Waals surface area contributed by atoms with E-state index in [4.69, 9.17) is 0 Å². The Bertz CT molecular complexity index is 1330. The summed E-state index contributed by atoms with van der Waals surface area (Å²) in [6.45, 7) is 0.600. The van der Waals surface area contributed by atoms with Crippen LogP contribution in [0.25, 0.3) is 33.5 Å². The first-order chi connectivity index (χ1) is 15.0. The average molecular weight is 435 g/mol. The van der Waals surface area contributed by atoms with Crippen molar-refractivity contribution in [3.63, 3.8) is 0 Å². The zero-order chi connectivity index (χ0) is 21.4. The Balaban J connectivity index is 1.48. The van der Waals surface area contributed by atoms with E-state index in [1.807, 2.05) is 42.5 Å². The number of hydrogen-bond donors (Lipinski definition) is 2. The fourth-order valence-corrected chi connectivity index (χ4v) is 5.28. The lowest BCUT2D eigenvalue weighted by atomic mass is 10.1. The van der Waals surface area contributed by atoms with Crippen molar-refractivity contribution in [1.82, 2.24) is 19.3 Å². The number of hydrogen-bond acceptors (Lipinski definition) is 5. The summed E-state index contributed by atoms with van der Waals surface area (Å²) in [7, 11) is -3.71. The van der Waals surface area contributed by atoms with E-state index in [1.54, 1.807) is 18.3 Å². The molecule has 1 aliphatic rings. The molecule has 1 saturated heterocycles. The summed E-state index contributed by atoms with van der Waals surface area (Å²) < 4.78 is 27.4. The fraction of sp³-hybridized carbons (Fsp3) is 0.217. The lowest BCUT2D eigenvalue weighted by molar-refractivity contribution is 0.113. The van der Waals surface area contributed by atoms with Gasteiger partial charge in [0.1, 0.15) is 5.65 Å². The van der Waals surface area contributed by atoms with Crippen LogP contribution in [-0.2, 0) is 10.0 Å². The average Bonchev–Trinajstić information content (AvgIpc) is 3.23. The number of sulfonamides is 1. The van der Waals surface area contributed by atoms with Crippen LogP contribution in [-0.4, -0.2) is 52.0 Å². The molecule has 31 heavy (non-hydrogen) atoms. The lowest BCUT2D eigenvalue weighted by Gasteiger charge is -2.28. The van der Waals surface area contributed by atoms with Gasteiger partial charge in [0.05, 0.1) is 11.8 Å². The van der Waals surface area contributed by atoms with Gasteiger partial charge in [-0.15, -0.1) is 0 Å². The van der Waals surface area contributed by atoms with Crippen LogP contribution in [0, 0.1) is 0 Å². The van der Waals surface area contributed by atoms with Crippen LogP contribution in [0.5, 0.6) is 0 Å². The number of nitrogens with one attached hydrogen (secondary N) is 1. The Morgan fingerprint density at radius 2 is 1.74 bits per heavy atom. The largest absolute Gasteiger partial charge is 0.393 e. The molecule has 4 heterocycles. The molecule has 7 nitrogen and oxygen atoms in total. The number of nitrogens with zero attached hydrogens (tertiary/aromatic N) is 3. The highest BCUT2D eigenvalue weighted by molar-refractivity contribution is 7.89. The highest BCUT2D eigenvalue weighted by Crippen LogP contribution is 2.27. The number of aromatic amines is 1. The van der Waals surface area contributed by atoms with E-state index < -0.39 is 16.1 Å². The smallest absolute Gasteiger partial charge is 0.260 e. The van der Waals surface area contributed by atoms with Gasteiger partial charge in [0.15, 0.2) is 5.03 Å². The predicted molar refractivity (Wildman–Crippen MR) is 119 cm³/mol. The summed E-state index contributed by atoms with van der Waals surface area (Å²) in [6, 6.07) is 19.0. The van der Waals surface area contributed by atoms with E-state index in [-0.39, 0.29) is 5.03 Å². The molecule has 0 spiro atoms. The van der Waals surface area contributed by atoms with Gasteiger partial charge in [0, 0.05) is 35.9 Å². The lowest BCUT2D eigenvalue weighted by Crippen LogP contribution is -2.40. The van der Waals surface area contributed by atoms with Crippen molar-refractivity contribution in [1.29, 1.82) is 0 Å². The molecule has 0 atom stereocenters. The van der Waals surface area contributed by atoms with Crippen molar-refractivity contribution in [3.8, 4) is 22.5 Å². The van der Waals surface area contributed by atoms with E-state index in [1.165, 1.54) is 10.4 Å². The van der Waals surface area contributed by atoms with Gasteiger partial charge < -0.3 is 10.1 Å². The number of benzene rings is 1. The summed E-state index contributed by atoms with van der Waals surface area (Å²) >= 11 is 0. The van der Waals surface area contributed by atoms with Gasteiger partial charge in [-0.3, -0.25) is 0 Å². The second-order valence-corrected chi connectivity index (χ2v) is 9.59. The molecule has 0 aliphatic carbocycles. The maximum absolute atomic E-state index is 13.0. The zero-order valence-electron chi connectivity index (χ0n) is 16.8. The van der Waals surface area contributed by atoms with Gasteiger partial charge in [-0.2, -0.15) is 4.31 Å². The minimum Gasteiger partial charge on any atom is -0.393 e. The van der Waals surface area contributed by atoms with E-state index in [0.717, 1.165) is 27.9 Å². The molecule has 0 bridgehead atoms. The van der Waals surface area contributed by atoms with Crippen LogP contribution in [0.3, 0.4) is 0 Å². The third kappa shape index (κ3) is 3.85. The van der Waals surface area contributed by atoms with Gasteiger partial charge in [0.25, 0.3) is 10.0 Å². The molecule has 0 saturated carbocycles. The first-order valence-electron chi connectivity index (χ1n) is 10.2. The number of aliphatic hydroxyl groups excluding tert-OH is 1. The van der Waals surface area contributed by atoms with Crippen molar-refractivity contribution < 1.29 is 13.5 Å². The number of piperidine rings is 1. The van der Waals surface area contributed by atoms with Crippen LogP contribution in [0.4, 0.5) is 0 Å². The normalized spacial score (nSPS) is 16.0. The van der Waals surface area contributed by atoms with Crippen molar-refractivity contribution in [2.45, 2.75) is 24.0 Å². The highest BCUT2D eigenvalue weighted by Gasteiger charge is 2.29. The molecule has 1 aromatic carbocycles. The summed E-state index contributed by atoms with van der Waals surface area (Å²) in [4.78, 5) is 12.3. The number of rotatable bonds is 4. The number of aromatic nitrogens is 3. The Labute approximate surface area is 180 Å². The molecule has 158 valence electrons. The third-order valence-electron chi connectivity index (χ3n) is 5.60. The molecule has 2 N–H and O–H groups in total. The van der Waals surface area contributed by atoms with Crippen LogP contribution >= 0.6 is 0 Å². The molecule has 0 unspecified atom stereocenters. The van der Waals surface area contributed by atoms with Gasteiger partial charge >= 0.3 is 0 Å². The first kappa shape index (κ1) is 19.9. The fourth-order valence-electron chi connectivity index (χ4n) is 3.86. The quantitative estimate of drug-likeness (QED) is 0.513. The SMILES string of the molecule is O=S(=O)(c1cccc(-c2cnc3[nH]c(-c4ccccc4)cc3c2)n1)N1CCC(O)CC1. The molecule has 1 fully saturated rings. The van der Waals surface area contributed by atoms with E-state index >= 15 is 0 Å². The second-order valence-electron chi connectivity index (χ2n) is 7.71. The molecule has 4 aromatic rings. The molecule has 0 amide bonds. The van der Waals surface area contributed by atoms with Crippen molar-refractivity contribution in [2.75, 3.05) is 13.1 Å². The van der Waals surface area contributed by atoms with Crippen molar-refractivity contribution in [3.05, 3.63) is 66.9 Å². The molecular formula is C23H22N4O3S. The minimum atomic E-state index is -3.71. The number of pyridine rings is 2. The topological polar surface area (TPSA) is 99.2 Å². The van der Waals surface area contributed by atoms with Gasteiger partial charge in [-0.1, -0.05) is 36.4 Å².